The van der Waals surface area contributed by atoms with Gasteiger partial charge < -0.3 is 9.47 Å². The molecule has 1 aliphatic rings. The lowest BCUT2D eigenvalue weighted by atomic mass is 9.80. The topological polar surface area (TPSA) is 18.5 Å². The summed E-state index contributed by atoms with van der Waals surface area (Å²) in [5.41, 5.74) is 0.135. The van der Waals surface area contributed by atoms with Gasteiger partial charge in [-0.3, -0.25) is 0 Å². The highest BCUT2D eigenvalue weighted by Gasteiger charge is 2.39. The Morgan fingerprint density at radius 3 is 2.33 bits per heavy atom. The summed E-state index contributed by atoms with van der Waals surface area (Å²) in [6.45, 7) is 13.6. The molecular weight excluding hydrogens is 260 g/mol. The molecular formula is C19H36O2. The van der Waals surface area contributed by atoms with Gasteiger partial charge in [0.05, 0.1) is 12.7 Å². The number of rotatable bonds is 10. The monoisotopic (exact) mass is 296 g/mol. The van der Waals surface area contributed by atoms with E-state index < -0.39 is 0 Å². The van der Waals surface area contributed by atoms with Crippen LogP contribution in [0.1, 0.15) is 79.1 Å². The van der Waals surface area contributed by atoms with Gasteiger partial charge in [0, 0.05) is 5.41 Å². The molecule has 2 nitrogen and oxygen atoms in total. The van der Waals surface area contributed by atoms with Crippen LogP contribution >= 0.6 is 0 Å². The summed E-state index contributed by atoms with van der Waals surface area (Å²) in [6, 6.07) is 0. The SMILES string of the molecule is C=CCCCCCCCC[C@@H]1OCC(C)(C)[C@H](C(C)C)O1. The summed E-state index contributed by atoms with van der Waals surface area (Å²) >= 11 is 0. The fourth-order valence-corrected chi connectivity index (χ4v) is 3.29. The molecule has 0 bridgehead atoms. The molecule has 0 aromatic rings. The van der Waals surface area contributed by atoms with Crippen LogP contribution in [0.4, 0.5) is 0 Å². The summed E-state index contributed by atoms with van der Waals surface area (Å²) in [4.78, 5) is 0. The number of hydrogen-bond donors (Lipinski definition) is 0. The minimum atomic E-state index is 0.0196. The van der Waals surface area contributed by atoms with Crippen molar-refractivity contribution in [3.8, 4) is 0 Å². The summed E-state index contributed by atoms with van der Waals surface area (Å²) < 4.78 is 12.1. The third-order valence-electron chi connectivity index (χ3n) is 4.41. The number of allylic oxidation sites excluding steroid dienone is 1. The standard InChI is InChI=1S/C19H36O2/c1-6-7-8-9-10-11-12-13-14-17-20-15-19(4,5)18(21-17)16(2)3/h6,16-18H,1,7-15H2,2-5H3/t17-,18+/m1/s1. The summed E-state index contributed by atoms with van der Waals surface area (Å²) in [5.74, 6) is 0.552. The van der Waals surface area contributed by atoms with Crippen molar-refractivity contribution in [1.29, 1.82) is 0 Å². The predicted molar refractivity (Wildman–Crippen MR) is 90.4 cm³/mol. The average molecular weight is 296 g/mol. The zero-order chi connectivity index (χ0) is 15.7. The summed E-state index contributed by atoms with van der Waals surface area (Å²) in [5, 5.41) is 0. The van der Waals surface area contributed by atoms with E-state index in [1.165, 1.54) is 38.5 Å². The molecule has 0 unspecified atom stereocenters. The van der Waals surface area contributed by atoms with E-state index >= 15 is 0 Å². The minimum absolute atomic E-state index is 0.0196. The van der Waals surface area contributed by atoms with Crippen molar-refractivity contribution in [1.82, 2.24) is 0 Å². The first kappa shape index (κ1) is 18.7. The Morgan fingerprint density at radius 2 is 1.71 bits per heavy atom. The molecule has 0 aliphatic carbocycles. The normalized spacial score (nSPS) is 25.2. The fourth-order valence-electron chi connectivity index (χ4n) is 3.29. The fraction of sp³-hybridized carbons (Fsp3) is 0.895. The van der Waals surface area contributed by atoms with Gasteiger partial charge in [0.25, 0.3) is 0 Å². The number of ether oxygens (including phenoxy) is 2. The first-order valence-electron chi connectivity index (χ1n) is 8.85. The predicted octanol–water partition coefficient (Wildman–Crippen LogP) is 5.72. The summed E-state index contributed by atoms with van der Waals surface area (Å²) in [6.07, 6.45) is 12.4. The van der Waals surface area contributed by atoms with Crippen molar-refractivity contribution in [3.05, 3.63) is 12.7 Å². The molecule has 0 saturated carbocycles. The van der Waals surface area contributed by atoms with Crippen molar-refractivity contribution < 1.29 is 9.47 Å². The van der Waals surface area contributed by atoms with E-state index in [1.54, 1.807) is 0 Å². The lowest BCUT2D eigenvalue weighted by Crippen LogP contribution is -2.48. The maximum absolute atomic E-state index is 6.19. The Balaban J connectivity index is 2.12. The first-order valence-corrected chi connectivity index (χ1v) is 8.85. The van der Waals surface area contributed by atoms with Crippen molar-refractivity contribution in [2.24, 2.45) is 11.3 Å². The lowest BCUT2D eigenvalue weighted by molar-refractivity contribution is -0.271. The van der Waals surface area contributed by atoms with E-state index in [0.29, 0.717) is 12.0 Å². The highest BCUT2D eigenvalue weighted by Crippen LogP contribution is 2.35. The van der Waals surface area contributed by atoms with E-state index in [-0.39, 0.29) is 11.7 Å². The molecule has 0 spiro atoms. The third kappa shape index (κ3) is 6.97. The van der Waals surface area contributed by atoms with Gasteiger partial charge in [-0.1, -0.05) is 59.5 Å². The van der Waals surface area contributed by atoms with E-state index in [9.17, 15) is 0 Å². The second-order valence-electron chi connectivity index (χ2n) is 7.52. The van der Waals surface area contributed by atoms with Crippen LogP contribution in [0.25, 0.3) is 0 Å². The highest BCUT2D eigenvalue weighted by atomic mass is 16.7. The Bertz CT molecular complexity index is 283. The molecule has 1 rings (SSSR count). The van der Waals surface area contributed by atoms with Gasteiger partial charge in [0.1, 0.15) is 0 Å². The van der Waals surface area contributed by atoms with Crippen LogP contribution < -0.4 is 0 Å². The molecule has 2 heteroatoms. The smallest absolute Gasteiger partial charge is 0.158 e. The number of unbranched alkanes of at least 4 members (excludes halogenated alkanes) is 6. The van der Waals surface area contributed by atoms with Crippen LogP contribution in [0, 0.1) is 11.3 Å². The van der Waals surface area contributed by atoms with Crippen molar-refractivity contribution >= 4 is 0 Å². The quantitative estimate of drug-likeness (QED) is 0.379. The van der Waals surface area contributed by atoms with Crippen LogP contribution in [-0.4, -0.2) is 19.0 Å². The molecule has 0 N–H and O–H groups in total. The van der Waals surface area contributed by atoms with E-state index in [1.807, 2.05) is 6.08 Å². The second-order valence-corrected chi connectivity index (χ2v) is 7.52. The Labute approximate surface area is 132 Å². The van der Waals surface area contributed by atoms with Gasteiger partial charge in [-0.05, 0) is 31.6 Å². The Kier molecular flexibility index (Phi) is 8.58. The van der Waals surface area contributed by atoms with Crippen LogP contribution in [0.15, 0.2) is 12.7 Å². The van der Waals surface area contributed by atoms with Crippen LogP contribution in [-0.2, 0) is 9.47 Å². The van der Waals surface area contributed by atoms with Gasteiger partial charge in [-0.15, -0.1) is 6.58 Å². The number of hydrogen-bond acceptors (Lipinski definition) is 2. The minimum Gasteiger partial charge on any atom is -0.352 e. The molecule has 1 aliphatic heterocycles. The van der Waals surface area contributed by atoms with Crippen molar-refractivity contribution in [3.63, 3.8) is 0 Å². The van der Waals surface area contributed by atoms with Gasteiger partial charge >= 0.3 is 0 Å². The van der Waals surface area contributed by atoms with Crippen LogP contribution in [0.2, 0.25) is 0 Å². The summed E-state index contributed by atoms with van der Waals surface area (Å²) in [7, 11) is 0. The molecule has 0 aromatic heterocycles. The molecule has 0 radical (unpaired) electrons. The van der Waals surface area contributed by atoms with Gasteiger partial charge in [0.15, 0.2) is 6.29 Å². The highest BCUT2D eigenvalue weighted by molar-refractivity contribution is 4.84. The first-order chi connectivity index (χ1) is 9.97. The maximum Gasteiger partial charge on any atom is 0.158 e. The van der Waals surface area contributed by atoms with Gasteiger partial charge in [0.2, 0.25) is 0 Å². The second kappa shape index (κ2) is 9.63. The third-order valence-corrected chi connectivity index (χ3v) is 4.41. The molecule has 1 saturated heterocycles. The molecule has 1 heterocycles. The lowest BCUT2D eigenvalue weighted by Gasteiger charge is -2.44. The Morgan fingerprint density at radius 1 is 1.10 bits per heavy atom. The van der Waals surface area contributed by atoms with E-state index in [2.05, 4.69) is 34.3 Å². The largest absolute Gasteiger partial charge is 0.352 e. The zero-order valence-electron chi connectivity index (χ0n) is 14.7. The van der Waals surface area contributed by atoms with E-state index in [4.69, 9.17) is 9.47 Å². The zero-order valence-corrected chi connectivity index (χ0v) is 14.7. The molecule has 0 amide bonds. The van der Waals surface area contributed by atoms with Gasteiger partial charge in [-0.2, -0.15) is 0 Å². The molecule has 0 aromatic carbocycles. The molecule has 21 heavy (non-hydrogen) atoms. The molecule has 2 atom stereocenters. The molecule has 1 fully saturated rings. The van der Waals surface area contributed by atoms with Crippen LogP contribution in [0.3, 0.4) is 0 Å². The van der Waals surface area contributed by atoms with Crippen molar-refractivity contribution in [2.75, 3.05) is 6.61 Å². The van der Waals surface area contributed by atoms with Crippen molar-refractivity contribution in [2.45, 2.75) is 91.5 Å². The Hall–Kier alpha value is -0.340. The average Bonchev–Trinajstić information content (AvgIpc) is 2.42. The maximum atomic E-state index is 6.19. The van der Waals surface area contributed by atoms with Gasteiger partial charge in [-0.25, -0.2) is 0 Å². The molecule has 124 valence electrons. The van der Waals surface area contributed by atoms with E-state index in [0.717, 1.165) is 19.4 Å². The van der Waals surface area contributed by atoms with Crippen LogP contribution in [0.5, 0.6) is 0 Å².